The number of rotatable bonds is 4. The first-order chi connectivity index (χ1) is 11.5. The van der Waals surface area contributed by atoms with E-state index in [-0.39, 0.29) is 10.8 Å². The van der Waals surface area contributed by atoms with Crippen molar-refractivity contribution in [2.75, 3.05) is 43.4 Å². The lowest BCUT2D eigenvalue weighted by molar-refractivity contribution is 0.100. The topological polar surface area (TPSA) is 87.4 Å². The molecule has 126 valence electrons. The predicted octanol–water partition coefficient (Wildman–Crippen LogP) is 1.72. The van der Waals surface area contributed by atoms with Crippen molar-refractivity contribution < 1.29 is 4.79 Å². The number of hydrogen-bond donors (Lipinski definition) is 2. The first-order valence-corrected chi connectivity index (χ1v) is 8.03. The summed E-state index contributed by atoms with van der Waals surface area (Å²) in [7, 11) is 2.13. The molecule has 0 bridgehead atoms. The highest BCUT2D eigenvalue weighted by molar-refractivity contribution is 6.28. The average molecular weight is 347 g/mol. The van der Waals surface area contributed by atoms with Gasteiger partial charge in [0.15, 0.2) is 0 Å². The molecule has 0 radical (unpaired) electrons. The number of hydrogen-bond acceptors (Lipinski definition) is 6. The van der Waals surface area contributed by atoms with E-state index < -0.39 is 5.91 Å². The summed E-state index contributed by atoms with van der Waals surface area (Å²) in [4.78, 5) is 23.9. The first-order valence-electron chi connectivity index (χ1n) is 7.66. The van der Waals surface area contributed by atoms with Crippen LogP contribution in [0.15, 0.2) is 30.5 Å². The molecule has 1 amide bonds. The van der Waals surface area contributed by atoms with Crippen molar-refractivity contribution in [2.45, 2.75) is 0 Å². The van der Waals surface area contributed by atoms with Crippen LogP contribution in [-0.2, 0) is 0 Å². The molecule has 8 heteroatoms. The van der Waals surface area contributed by atoms with Crippen molar-refractivity contribution >= 4 is 34.7 Å². The lowest BCUT2D eigenvalue weighted by atomic mass is 10.2. The van der Waals surface area contributed by atoms with E-state index in [1.165, 1.54) is 11.9 Å². The number of likely N-dealkylation sites (N-methyl/N-ethyl adjacent to an activating group) is 1. The number of piperazine rings is 1. The molecule has 1 saturated heterocycles. The van der Waals surface area contributed by atoms with Gasteiger partial charge < -0.3 is 20.9 Å². The Labute approximate surface area is 145 Å². The Kier molecular flexibility index (Phi) is 4.82. The normalized spacial score (nSPS) is 15.3. The monoisotopic (exact) mass is 346 g/mol. The van der Waals surface area contributed by atoms with Crippen LogP contribution in [0.4, 0.5) is 17.2 Å². The standard InChI is InChI=1S/C16H19ClN6O/c1-22-6-8-23(9-7-22)12-4-2-11(3-5-12)20-15-13(14(18)24)10-19-16(17)21-15/h2-5,10H,6-9H2,1H3,(H2,18,24)(H,19,20,21). The Balaban J connectivity index is 1.75. The quantitative estimate of drug-likeness (QED) is 0.820. The van der Waals surface area contributed by atoms with Gasteiger partial charge in [-0.05, 0) is 42.9 Å². The number of aromatic nitrogens is 2. The van der Waals surface area contributed by atoms with Crippen molar-refractivity contribution in [3.63, 3.8) is 0 Å². The summed E-state index contributed by atoms with van der Waals surface area (Å²) in [5.41, 5.74) is 7.50. The van der Waals surface area contributed by atoms with Crippen LogP contribution in [0.2, 0.25) is 5.28 Å². The Morgan fingerprint density at radius 3 is 2.50 bits per heavy atom. The zero-order valence-electron chi connectivity index (χ0n) is 13.4. The number of carbonyl (C=O) groups excluding carboxylic acids is 1. The van der Waals surface area contributed by atoms with Crippen molar-refractivity contribution in [1.29, 1.82) is 0 Å². The van der Waals surface area contributed by atoms with Crippen LogP contribution < -0.4 is 16.0 Å². The molecule has 2 heterocycles. The molecule has 1 aliphatic rings. The van der Waals surface area contributed by atoms with Crippen LogP contribution in [0.25, 0.3) is 0 Å². The molecule has 0 unspecified atom stereocenters. The minimum atomic E-state index is -0.608. The molecule has 1 aromatic heterocycles. The van der Waals surface area contributed by atoms with Gasteiger partial charge in [-0.1, -0.05) is 0 Å². The van der Waals surface area contributed by atoms with E-state index in [0.29, 0.717) is 5.82 Å². The third-order valence-electron chi connectivity index (χ3n) is 4.02. The van der Waals surface area contributed by atoms with E-state index in [4.69, 9.17) is 17.3 Å². The van der Waals surface area contributed by atoms with Gasteiger partial charge in [0.05, 0.1) is 0 Å². The molecule has 24 heavy (non-hydrogen) atoms. The molecular formula is C16H19ClN6O. The second-order valence-corrected chi connectivity index (χ2v) is 6.07. The molecule has 0 saturated carbocycles. The maximum Gasteiger partial charge on any atom is 0.254 e. The maximum absolute atomic E-state index is 11.5. The van der Waals surface area contributed by atoms with E-state index in [9.17, 15) is 4.79 Å². The fourth-order valence-corrected chi connectivity index (χ4v) is 2.73. The lowest BCUT2D eigenvalue weighted by Gasteiger charge is -2.34. The molecular weight excluding hydrogens is 328 g/mol. The number of benzene rings is 1. The molecule has 0 atom stereocenters. The summed E-state index contributed by atoms with van der Waals surface area (Å²) in [5, 5.41) is 3.12. The van der Waals surface area contributed by atoms with Crippen LogP contribution in [-0.4, -0.2) is 54.0 Å². The summed E-state index contributed by atoms with van der Waals surface area (Å²) in [5.74, 6) is -0.307. The SMILES string of the molecule is CN1CCN(c2ccc(Nc3nc(Cl)ncc3C(N)=O)cc2)CC1. The van der Waals surface area contributed by atoms with E-state index in [0.717, 1.165) is 31.9 Å². The Morgan fingerprint density at radius 2 is 1.88 bits per heavy atom. The number of nitrogens with two attached hydrogens (primary N) is 1. The Hall–Kier alpha value is -2.38. The second kappa shape index (κ2) is 7.02. The summed E-state index contributed by atoms with van der Waals surface area (Å²) < 4.78 is 0. The number of nitrogens with one attached hydrogen (secondary N) is 1. The number of carbonyl (C=O) groups is 1. The summed E-state index contributed by atoms with van der Waals surface area (Å²) in [6.45, 7) is 4.13. The molecule has 3 N–H and O–H groups in total. The molecule has 1 aliphatic heterocycles. The zero-order valence-corrected chi connectivity index (χ0v) is 14.1. The van der Waals surface area contributed by atoms with Gasteiger partial charge in [-0.15, -0.1) is 0 Å². The van der Waals surface area contributed by atoms with Crippen molar-refractivity contribution in [1.82, 2.24) is 14.9 Å². The number of primary amides is 1. The van der Waals surface area contributed by atoms with Gasteiger partial charge in [0, 0.05) is 43.8 Å². The minimum absolute atomic E-state index is 0.0524. The largest absolute Gasteiger partial charge is 0.369 e. The predicted molar refractivity (Wildman–Crippen MR) is 95.0 cm³/mol. The molecule has 3 rings (SSSR count). The van der Waals surface area contributed by atoms with E-state index >= 15 is 0 Å². The van der Waals surface area contributed by atoms with Crippen molar-refractivity contribution in [2.24, 2.45) is 5.73 Å². The van der Waals surface area contributed by atoms with Crippen LogP contribution in [0.5, 0.6) is 0 Å². The van der Waals surface area contributed by atoms with Gasteiger partial charge in [-0.2, -0.15) is 4.98 Å². The lowest BCUT2D eigenvalue weighted by Crippen LogP contribution is -2.44. The Morgan fingerprint density at radius 1 is 1.21 bits per heavy atom. The van der Waals surface area contributed by atoms with Gasteiger partial charge in [-0.3, -0.25) is 4.79 Å². The fourth-order valence-electron chi connectivity index (χ4n) is 2.59. The molecule has 7 nitrogen and oxygen atoms in total. The van der Waals surface area contributed by atoms with E-state index in [1.807, 2.05) is 24.3 Å². The highest BCUT2D eigenvalue weighted by Gasteiger charge is 2.15. The molecule has 0 spiro atoms. The second-order valence-electron chi connectivity index (χ2n) is 5.73. The van der Waals surface area contributed by atoms with Crippen molar-refractivity contribution in [3.8, 4) is 0 Å². The summed E-state index contributed by atoms with van der Waals surface area (Å²) in [6.07, 6.45) is 1.32. The molecule has 2 aromatic rings. The Bertz CT molecular complexity index is 728. The molecule has 1 aromatic carbocycles. The van der Waals surface area contributed by atoms with Gasteiger partial charge in [0.25, 0.3) is 5.91 Å². The molecule has 1 fully saturated rings. The molecule has 0 aliphatic carbocycles. The number of amides is 1. The van der Waals surface area contributed by atoms with Gasteiger partial charge in [0.2, 0.25) is 5.28 Å². The minimum Gasteiger partial charge on any atom is -0.369 e. The van der Waals surface area contributed by atoms with E-state index in [1.54, 1.807) is 0 Å². The first kappa shape index (κ1) is 16.5. The van der Waals surface area contributed by atoms with Crippen LogP contribution in [0.1, 0.15) is 10.4 Å². The van der Waals surface area contributed by atoms with Crippen LogP contribution in [0.3, 0.4) is 0 Å². The fraction of sp³-hybridized carbons (Fsp3) is 0.312. The third-order valence-corrected chi connectivity index (χ3v) is 4.21. The number of anilines is 3. The van der Waals surface area contributed by atoms with Crippen LogP contribution in [0, 0.1) is 0 Å². The summed E-state index contributed by atoms with van der Waals surface area (Å²) in [6, 6.07) is 7.96. The van der Waals surface area contributed by atoms with Gasteiger partial charge in [0.1, 0.15) is 11.4 Å². The highest BCUT2D eigenvalue weighted by atomic mass is 35.5. The van der Waals surface area contributed by atoms with Crippen molar-refractivity contribution in [3.05, 3.63) is 41.3 Å². The highest BCUT2D eigenvalue weighted by Crippen LogP contribution is 2.23. The maximum atomic E-state index is 11.5. The average Bonchev–Trinajstić information content (AvgIpc) is 2.56. The van der Waals surface area contributed by atoms with Crippen LogP contribution >= 0.6 is 11.6 Å². The van der Waals surface area contributed by atoms with E-state index in [2.05, 4.69) is 32.1 Å². The smallest absolute Gasteiger partial charge is 0.254 e. The van der Waals surface area contributed by atoms with Gasteiger partial charge >= 0.3 is 0 Å². The third kappa shape index (κ3) is 3.74. The van der Waals surface area contributed by atoms with Gasteiger partial charge in [-0.25, -0.2) is 4.98 Å². The zero-order chi connectivity index (χ0) is 17.1. The summed E-state index contributed by atoms with van der Waals surface area (Å²) >= 11 is 5.80. The number of halogens is 1. The number of nitrogens with zero attached hydrogens (tertiary/aromatic N) is 4.